The van der Waals surface area contributed by atoms with Crippen LogP contribution in [0.5, 0.6) is 0 Å². The SMILES string of the molecule is N[S-](=P)=S. The fourth-order valence-corrected chi connectivity index (χ4v) is 0. The van der Waals surface area contributed by atoms with E-state index in [2.05, 4.69) is 19.2 Å². The van der Waals surface area contributed by atoms with E-state index in [9.17, 15) is 0 Å². The van der Waals surface area contributed by atoms with E-state index in [1.165, 1.54) is 0 Å². The number of nitrogens with two attached hydrogens (primary N) is 1. The highest BCUT2D eigenvalue weighted by molar-refractivity contribution is 8.37. The van der Waals surface area contributed by atoms with Gasteiger partial charge < -0.3 is 14.0 Å². The summed E-state index contributed by atoms with van der Waals surface area (Å²) in [7, 11) is 2.46. The lowest BCUT2D eigenvalue weighted by atomic mass is 14.0. The maximum atomic E-state index is 4.87. The summed E-state index contributed by atoms with van der Waals surface area (Å²) in [5.74, 6) is 0. The van der Waals surface area contributed by atoms with Crippen LogP contribution in [-0.4, -0.2) is 0 Å². The van der Waals surface area contributed by atoms with Gasteiger partial charge in [0.2, 0.25) is 0 Å². The van der Waals surface area contributed by atoms with Crippen molar-refractivity contribution in [2.24, 2.45) is 5.14 Å². The van der Waals surface area contributed by atoms with Crippen molar-refractivity contribution >= 4 is 28.0 Å². The van der Waals surface area contributed by atoms with Crippen LogP contribution in [0.4, 0.5) is 0 Å². The molecule has 0 spiro atoms. The molecule has 0 fully saturated rings. The molecule has 0 bridgehead atoms. The third-order valence-electron chi connectivity index (χ3n) is 0. The zero-order valence-corrected chi connectivity index (χ0v) is 4.53. The van der Waals surface area contributed by atoms with Gasteiger partial charge in [-0.1, -0.05) is 0 Å². The van der Waals surface area contributed by atoms with Crippen LogP contribution in [0, 0.1) is 0 Å². The van der Waals surface area contributed by atoms with Gasteiger partial charge >= 0.3 is 0 Å². The van der Waals surface area contributed by atoms with Gasteiger partial charge in [0, 0.05) is 0 Å². The first-order valence-corrected chi connectivity index (χ1v) is 4.04. The minimum Gasteiger partial charge on any atom is -0.415 e. The molecule has 0 rings (SSSR count). The van der Waals surface area contributed by atoms with Crippen molar-refractivity contribution in [1.82, 2.24) is 0 Å². The third-order valence-corrected chi connectivity index (χ3v) is 0. The molecule has 4 heavy (non-hydrogen) atoms. The lowest BCUT2D eigenvalue weighted by Gasteiger charge is -1.75. The van der Waals surface area contributed by atoms with Gasteiger partial charge in [-0.3, -0.25) is 19.2 Å². The van der Waals surface area contributed by atoms with Crippen molar-refractivity contribution in [3.63, 3.8) is 0 Å². The van der Waals surface area contributed by atoms with Crippen LogP contribution < -0.4 is 5.14 Å². The standard InChI is InChI=1S/H3NPS2/c1-4(2)3/h2H,(H2,1,3)/q-1. The van der Waals surface area contributed by atoms with Crippen LogP contribution >= 0.6 is 8.02 Å². The van der Waals surface area contributed by atoms with E-state index in [4.69, 9.17) is 5.14 Å². The molecule has 0 atom stereocenters. The molecule has 0 aromatic heterocycles. The van der Waals surface area contributed by atoms with Gasteiger partial charge in [-0.25, -0.2) is 0 Å². The van der Waals surface area contributed by atoms with Gasteiger partial charge in [-0.2, -0.15) is 0 Å². The average molecular weight is 112 g/mol. The summed E-state index contributed by atoms with van der Waals surface area (Å²) >= 11 is 4.34. The summed E-state index contributed by atoms with van der Waals surface area (Å²) < 4.78 is 0. The van der Waals surface area contributed by atoms with E-state index in [0.29, 0.717) is 0 Å². The Labute approximate surface area is 33.8 Å². The quantitative estimate of drug-likeness (QED) is 0.352. The van der Waals surface area contributed by atoms with Gasteiger partial charge in [0.1, 0.15) is 0 Å². The third kappa shape index (κ3) is 13.8. The summed E-state index contributed by atoms with van der Waals surface area (Å²) in [6.07, 6.45) is 0. The number of hydrogen-bond acceptors (Lipinski definition) is 2. The highest BCUT2D eigenvalue weighted by Crippen LogP contribution is 1.50. The molecule has 0 saturated carbocycles. The van der Waals surface area contributed by atoms with E-state index < -0.39 is 8.82 Å². The molecule has 0 aliphatic carbocycles. The second-order valence-electron chi connectivity index (χ2n) is 0.297. The van der Waals surface area contributed by atoms with Crippen molar-refractivity contribution in [3.05, 3.63) is 0 Å². The Balaban J connectivity index is 3.51. The highest BCUT2D eigenvalue weighted by Gasteiger charge is 1.09. The van der Waals surface area contributed by atoms with Crippen molar-refractivity contribution in [3.8, 4) is 0 Å². The Morgan fingerprint density at radius 2 is 2.00 bits per heavy atom. The fourth-order valence-electron chi connectivity index (χ4n) is 0. The van der Waals surface area contributed by atoms with Gasteiger partial charge in [0.05, 0.1) is 0 Å². The molecular formula is H3NPS2-. The lowest BCUT2D eigenvalue weighted by Crippen LogP contribution is -1.78. The minimum atomic E-state index is -0.472. The Morgan fingerprint density at radius 1 is 2.00 bits per heavy atom. The summed E-state index contributed by atoms with van der Waals surface area (Å²) in [6, 6.07) is 0. The predicted molar refractivity (Wildman–Crippen MR) is 27.2 cm³/mol. The molecule has 0 saturated heterocycles. The minimum absolute atomic E-state index is 0.472. The van der Waals surface area contributed by atoms with Crippen LogP contribution in [0.25, 0.3) is 0 Å². The Morgan fingerprint density at radius 3 is 2.00 bits per heavy atom. The topological polar surface area (TPSA) is 26.0 Å². The monoisotopic (exact) mass is 112 g/mol. The average Bonchev–Trinajstić information content (AvgIpc) is 0.811. The molecule has 0 aromatic carbocycles. The molecule has 0 amide bonds. The molecule has 1 nitrogen and oxygen atoms in total. The number of rotatable bonds is 0. The highest BCUT2D eigenvalue weighted by atomic mass is 32.9. The molecule has 0 aromatic rings. The molecule has 4 heteroatoms. The second kappa shape index (κ2) is 2.09. The van der Waals surface area contributed by atoms with Gasteiger partial charge in [-0.15, -0.1) is 0 Å². The predicted octanol–water partition coefficient (Wildman–Crippen LogP) is -0.00190. The summed E-state index contributed by atoms with van der Waals surface area (Å²) in [5, 5.41) is 4.87. The molecule has 0 heterocycles. The van der Waals surface area contributed by atoms with Crippen molar-refractivity contribution < 1.29 is 0 Å². The first kappa shape index (κ1) is 4.83. The summed E-state index contributed by atoms with van der Waals surface area (Å²) in [6.45, 7) is 0. The first-order chi connectivity index (χ1) is 1.73. The zero-order valence-electron chi connectivity index (χ0n) is 1.89. The molecule has 26 valence electrons. The van der Waals surface area contributed by atoms with E-state index in [-0.39, 0.29) is 0 Å². The Kier molecular flexibility index (Phi) is 2.52. The number of hydrogen-bond donors (Lipinski definition) is 1. The normalized spacial score (nSPS) is 8.50. The van der Waals surface area contributed by atoms with Crippen molar-refractivity contribution in [2.75, 3.05) is 0 Å². The molecule has 2 N–H and O–H groups in total. The van der Waals surface area contributed by atoms with Crippen LogP contribution in [0.1, 0.15) is 0 Å². The van der Waals surface area contributed by atoms with Crippen LogP contribution in [0.3, 0.4) is 0 Å². The summed E-state index contributed by atoms with van der Waals surface area (Å²) in [4.78, 5) is 0. The van der Waals surface area contributed by atoms with E-state index in [0.717, 1.165) is 0 Å². The van der Waals surface area contributed by atoms with Crippen LogP contribution in [0.2, 0.25) is 0 Å². The maximum Gasteiger partial charge on any atom is -0.251 e. The smallest absolute Gasteiger partial charge is 0.251 e. The van der Waals surface area contributed by atoms with Crippen LogP contribution in [-0.2, 0) is 20.0 Å². The first-order valence-electron chi connectivity index (χ1n) is 0.606. The maximum absolute atomic E-state index is 4.87. The Bertz CT molecular complexity index is 54.4. The molecule has 0 aliphatic rings. The van der Waals surface area contributed by atoms with Gasteiger partial charge in [0.25, 0.3) is 0 Å². The Hall–Kier alpha value is 0.830. The van der Waals surface area contributed by atoms with Gasteiger partial charge in [-0.05, 0) is 0 Å². The van der Waals surface area contributed by atoms with E-state index in [1.807, 2.05) is 0 Å². The van der Waals surface area contributed by atoms with Crippen molar-refractivity contribution in [2.45, 2.75) is 0 Å². The molecular weight excluding hydrogens is 109 g/mol. The lowest BCUT2D eigenvalue weighted by molar-refractivity contribution is 2.07. The second-order valence-corrected chi connectivity index (χ2v) is 4.18. The van der Waals surface area contributed by atoms with Crippen LogP contribution in [0.15, 0.2) is 0 Å². The molecule has 0 unspecified atom stereocenters. The molecule has 0 aliphatic heterocycles. The zero-order chi connectivity index (χ0) is 3.58. The summed E-state index contributed by atoms with van der Waals surface area (Å²) in [5.41, 5.74) is 0. The van der Waals surface area contributed by atoms with Crippen molar-refractivity contribution in [1.29, 1.82) is 0 Å². The van der Waals surface area contributed by atoms with E-state index in [1.54, 1.807) is 0 Å². The molecule has 0 radical (unpaired) electrons. The van der Waals surface area contributed by atoms with E-state index >= 15 is 0 Å². The van der Waals surface area contributed by atoms with Gasteiger partial charge in [0.15, 0.2) is 0 Å². The largest absolute Gasteiger partial charge is 0.415 e. The fraction of sp³-hybridized carbons (Fsp3) is 0.